The van der Waals surface area contributed by atoms with Gasteiger partial charge in [0.25, 0.3) is 0 Å². The lowest BCUT2D eigenvalue weighted by atomic mass is 9.99. The van der Waals surface area contributed by atoms with Crippen LogP contribution in [-0.2, 0) is 4.79 Å². The first-order valence-corrected chi connectivity index (χ1v) is 10.0. The van der Waals surface area contributed by atoms with Gasteiger partial charge in [0.15, 0.2) is 0 Å². The van der Waals surface area contributed by atoms with E-state index in [0.29, 0.717) is 11.1 Å². The molecule has 1 heterocycles. The van der Waals surface area contributed by atoms with Crippen molar-refractivity contribution in [3.8, 4) is 11.4 Å². The maximum atomic E-state index is 12.3. The lowest BCUT2D eigenvalue weighted by molar-refractivity contribution is -0.113. The van der Waals surface area contributed by atoms with Crippen LogP contribution in [0.1, 0.15) is 31.7 Å². The molecule has 0 radical (unpaired) electrons. The van der Waals surface area contributed by atoms with Crippen LogP contribution in [-0.4, -0.2) is 39.0 Å². The fraction of sp³-hybridized carbons (Fsp3) is 0.300. The second-order valence-electron chi connectivity index (χ2n) is 6.34. The molecular formula is C20H23N5O2S. The summed E-state index contributed by atoms with van der Waals surface area (Å²) < 4.78 is 6.76. The van der Waals surface area contributed by atoms with Gasteiger partial charge in [-0.05, 0) is 64.7 Å². The zero-order chi connectivity index (χ0) is 19.9. The predicted molar refractivity (Wildman–Crippen MR) is 110 cm³/mol. The minimum atomic E-state index is -0.106. The third-order valence-corrected chi connectivity index (χ3v) is 5.39. The van der Waals surface area contributed by atoms with Crippen molar-refractivity contribution in [2.75, 3.05) is 18.2 Å². The molecule has 146 valence electrons. The van der Waals surface area contributed by atoms with E-state index in [-0.39, 0.29) is 11.7 Å². The SMILES string of the molecule is CCC(C)c1ccc(NC(=O)CSc2nnnn2-c2ccc(OC)cc2)cc1. The Morgan fingerprint density at radius 3 is 2.54 bits per heavy atom. The zero-order valence-corrected chi connectivity index (χ0v) is 16.9. The van der Waals surface area contributed by atoms with Gasteiger partial charge in [0.2, 0.25) is 11.1 Å². The quantitative estimate of drug-likeness (QED) is 0.580. The maximum Gasteiger partial charge on any atom is 0.234 e. The molecule has 7 nitrogen and oxygen atoms in total. The highest BCUT2D eigenvalue weighted by atomic mass is 32.2. The Morgan fingerprint density at radius 2 is 1.89 bits per heavy atom. The van der Waals surface area contributed by atoms with Crippen molar-refractivity contribution in [1.29, 1.82) is 0 Å². The van der Waals surface area contributed by atoms with Crippen LogP contribution in [0, 0.1) is 0 Å². The number of anilines is 1. The van der Waals surface area contributed by atoms with E-state index in [1.165, 1.54) is 17.3 Å². The van der Waals surface area contributed by atoms with Crippen LogP contribution in [0.4, 0.5) is 5.69 Å². The third kappa shape index (κ3) is 4.89. The number of aromatic nitrogens is 4. The number of thioether (sulfide) groups is 1. The highest BCUT2D eigenvalue weighted by Gasteiger charge is 2.12. The summed E-state index contributed by atoms with van der Waals surface area (Å²) in [7, 11) is 1.61. The van der Waals surface area contributed by atoms with Gasteiger partial charge < -0.3 is 10.1 Å². The summed E-state index contributed by atoms with van der Waals surface area (Å²) in [5, 5.41) is 15.2. The lowest BCUT2D eigenvalue weighted by Gasteiger charge is -2.10. The number of carbonyl (C=O) groups excluding carboxylic acids is 1. The molecule has 1 aromatic heterocycles. The summed E-state index contributed by atoms with van der Waals surface area (Å²) in [6.45, 7) is 4.36. The van der Waals surface area contributed by atoms with E-state index < -0.39 is 0 Å². The summed E-state index contributed by atoms with van der Waals surface area (Å²) >= 11 is 1.28. The Bertz CT molecular complexity index is 909. The number of benzene rings is 2. The van der Waals surface area contributed by atoms with Crippen LogP contribution in [0.5, 0.6) is 5.75 Å². The van der Waals surface area contributed by atoms with E-state index >= 15 is 0 Å². The molecule has 28 heavy (non-hydrogen) atoms. The summed E-state index contributed by atoms with van der Waals surface area (Å²) in [5.74, 6) is 1.37. The van der Waals surface area contributed by atoms with Crippen molar-refractivity contribution in [1.82, 2.24) is 20.2 Å². The number of rotatable bonds is 8. The molecule has 3 aromatic rings. The average molecular weight is 398 g/mol. The van der Waals surface area contributed by atoms with Crippen LogP contribution in [0.15, 0.2) is 53.7 Å². The summed E-state index contributed by atoms with van der Waals surface area (Å²) in [6.07, 6.45) is 1.09. The molecule has 0 aliphatic heterocycles. The molecule has 1 N–H and O–H groups in total. The largest absolute Gasteiger partial charge is 0.497 e. The molecule has 1 amide bonds. The number of ether oxygens (including phenoxy) is 1. The van der Waals surface area contributed by atoms with Crippen LogP contribution in [0.3, 0.4) is 0 Å². The van der Waals surface area contributed by atoms with E-state index in [9.17, 15) is 4.79 Å². The van der Waals surface area contributed by atoms with E-state index in [1.54, 1.807) is 11.8 Å². The molecule has 2 aromatic carbocycles. The molecule has 1 atom stereocenters. The van der Waals surface area contributed by atoms with Gasteiger partial charge in [0, 0.05) is 5.69 Å². The minimum Gasteiger partial charge on any atom is -0.497 e. The first kappa shape index (κ1) is 19.9. The van der Waals surface area contributed by atoms with E-state index in [0.717, 1.165) is 23.5 Å². The number of hydrogen-bond donors (Lipinski definition) is 1. The normalized spacial score (nSPS) is 11.8. The summed E-state index contributed by atoms with van der Waals surface area (Å²) in [4.78, 5) is 12.3. The number of carbonyl (C=O) groups is 1. The molecular weight excluding hydrogens is 374 g/mol. The number of hydrogen-bond acceptors (Lipinski definition) is 6. The highest BCUT2D eigenvalue weighted by Crippen LogP contribution is 2.22. The Morgan fingerprint density at radius 1 is 1.18 bits per heavy atom. The van der Waals surface area contributed by atoms with Crippen molar-refractivity contribution >= 4 is 23.4 Å². The Labute approximate surface area is 168 Å². The van der Waals surface area contributed by atoms with Crippen molar-refractivity contribution < 1.29 is 9.53 Å². The summed E-state index contributed by atoms with van der Waals surface area (Å²) in [5.41, 5.74) is 2.86. The van der Waals surface area contributed by atoms with Crippen molar-refractivity contribution in [2.24, 2.45) is 0 Å². The van der Waals surface area contributed by atoms with E-state index in [1.807, 2.05) is 36.4 Å². The van der Waals surface area contributed by atoms with Crippen molar-refractivity contribution in [3.63, 3.8) is 0 Å². The van der Waals surface area contributed by atoms with Gasteiger partial charge in [-0.25, -0.2) is 0 Å². The predicted octanol–water partition coefficient (Wildman–Crippen LogP) is 3.92. The van der Waals surface area contributed by atoms with Crippen LogP contribution in [0.25, 0.3) is 5.69 Å². The fourth-order valence-corrected chi connectivity index (χ4v) is 3.30. The zero-order valence-electron chi connectivity index (χ0n) is 16.1. The molecule has 8 heteroatoms. The maximum absolute atomic E-state index is 12.3. The minimum absolute atomic E-state index is 0.106. The van der Waals surface area contributed by atoms with Gasteiger partial charge in [-0.15, -0.1) is 5.10 Å². The smallest absolute Gasteiger partial charge is 0.234 e. The lowest BCUT2D eigenvalue weighted by Crippen LogP contribution is -2.14. The monoisotopic (exact) mass is 397 g/mol. The number of tetrazole rings is 1. The standard InChI is InChI=1S/C20H23N5O2S/c1-4-14(2)15-5-7-16(8-6-15)21-19(26)13-28-20-22-23-24-25(20)17-9-11-18(27-3)12-10-17/h5-12,14H,4,13H2,1-3H3,(H,21,26). The van der Waals surface area contributed by atoms with Crippen molar-refractivity contribution in [2.45, 2.75) is 31.3 Å². The Hall–Kier alpha value is -2.87. The molecule has 0 spiro atoms. The van der Waals surface area contributed by atoms with E-state index in [2.05, 4.69) is 46.8 Å². The van der Waals surface area contributed by atoms with Gasteiger partial charge in [0.1, 0.15) is 5.75 Å². The van der Waals surface area contributed by atoms with E-state index in [4.69, 9.17) is 4.74 Å². The van der Waals surface area contributed by atoms with Gasteiger partial charge in [-0.1, -0.05) is 37.7 Å². The fourth-order valence-electron chi connectivity index (χ4n) is 2.61. The van der Waals surface area contributed by atoms with Gasteiger partial charge >= 0.3 is 0 Å². The number of methoxy groups -OCH3 is 1. The highest BCUT2D eigenvalue weighted by molar-refractivity contribution is 7.99. The number of nitrogens with one attached hydrogen (secondary N) is 1. The van der Waals surface area contributed by atoms with Gasteiger partial charge in [-0.2, -0.15) is 4.68 Å². The molecule has 0 fully saturated rings. The molecule has 0 aliphatic rings. The molecule has 0 bridgehead atoms. The molecule has 0 aliphatic carbocycles. The van der Waals surface area contributed by atoms with Gasteiger partial charge in [0.05, 0.1) is 18.6 Å². The van der Waals surface area contributed by atoms with Crippen LogP contribution in [0.2, 0.25) is 0 Å². The topological polar surface area (TPSA) is 81.9 Å². The second kappa shape index (κ2) is 9.36. The summed E-state index contributed by atoms with van der Waals surface area (Å²) in [6, 6.07) is 15.4. The van der Waals surface area contributed by atoms with Crippen LogP contribution < -0.4 is 10.1 Å². The van der Waals surface area contributed by atoms with Gasteiger partial charge in [-0.3, -0.25) is 4.79 Å². The first-order chi connectivity index (χ1) is 13.6. The molecule has 0 saturated carbocycles. The molecule has 0 saturated heterocycles. The number of nitrogens with zero attached hydrogens (tertiary/aromatic N) is 4. The van der Waals surface area contributed by atoms with Crippen LogP contribution >= 0.6 is 11.8 Å². The first-order valence-electron chi connectivity index (χ1n) is 9.06. The third-order valence-electron chi connectivity index (χ3n) is 4.47. The Balaban J connectivity index is 1.58. The second-order valence-corrected chi connectivity index (χ2v) is 7.28. The average Bonchev–Trinajstić information content (AvgIpc) is 3.21. The molecule has 1 unspecified atom stereocenters. The Kier molecular flexibility index (Phi) is 6.65. The number of amides is 1. The van der Waals surface area contributed by atoms with Crippen molar-refractivity contribution in [3.05, 3.63) is 54.1 Å². The molecule has 3 rings (SSSR count).